The van der Waals surface area contributed by atoms with Crippen LogP contribution in [0.3, 0.4) is 0 Å². The maximum atomic E-state index is 13.1. The normalized spacial score (nSPS) is 14.8. The molecule has 0 bridgehead atoms. The van der Waals surface area contributed by atoms with Crippen molar-refractivity contribution in [1.29, 1.82) is 0 Å². The molecule has 20 heteroatoms. The fourth-order valence-electron chi connectivity index (χ4n) is 8.35. The number of rotatable bonds is 55. The predicted octanol–water partition coefficient (Wildman–Crippen LogP) is 14.6. The van der Waals surface area contributed by atoms with E-state index in [0.717, 1.165) is 38.5 Å². The van der Waals surface area contributed by atoms with Crippen LogP contribution < -0.4 is 5.32 Å². The molecule has 0 aromatic carbocycles. The summed E-state index contributed by atoms with van der Waals surface area (Å²) >= 11 is 3.38. The average Bonchev–Trinajstić information content (AvgIpc) is 3.36. The topological polar surface area (TPSA) is 220 Å². The van der Waals surface area contributed by atoms with Gasteiger partial charge in [-0.2, -0.15) is 0 Å². The second kappa shape index (κ2) is 46.1. The van der Waals surface area contributed by atoms with Crippen molar-refractivity contribution in [2.45, 2.75) is 263 Å². The zero-order valence-corrected chi connectivity index (χ0v) is 53.1. The molecule has 17 nitrogen and oxygen atoms in total. The smallest absolute Gasteiger partial charge is 0.462 e. The van der Waals surface area contributed by atoms with E-state index in [0.29, 0.717) is 23.9 Å². The van der Waals surface area contributed by atoms with Gasteiger partial charge in [-0.3, -0.25) is 37.3 Å². The van der Waals surface area contributed by atoms with E-state index in [-0.39, 0.29) is 65.3 Å². The Labute approximate surface area is 476 Å². The summed E-state index contributed by atoms with van der Waals surface area (Å²) in [6.45, 7) is 7.82. The lowest BCUT2D eigenvalue weighted by molar-refractivity contribution is -0.870. The Morgan fingerprint density at radius 2 is 0.896 bits per heavy atom. The van der Waals surface area contributed by atoms with E-state index in [1.165, 1.54) is 141 Å². The monoisotopic (exact) mass is 1210 g/mol. The zero-order chi connectivity index (χ0) is 57.7. The van der Waals surface area contributed by atoms with Gasteiger partial charge in [0.1, 0.15) is 30.7 Å². The number of likely N-dealkylation sites (N-methyl/N-ethyl adjacent to an activating group) is 1. The molecule has 0 fully saturated rings. The van der Waals surface area contributed by atoms with E-state index in [1.807, 2.05) is 21.1 Å². The number of carbonyl (C=O) groups excluding carboxylic acids is 4. The maximum Gasteiger partial charge on any atom is 0.472 e. The molecule has 0 saturated heterocycles. The number of amides is 1. The first-order valence-corrected chi connectivity index (χ1v) is 33.8. The second-order valence-corrected chi connectivity index (χ2v) is 27.6. The van der Waals surface area contributed by atoms with Crippen molar-refractivity contribution in [3.05, 3.63) is 0 Å². The van der Waals surface area contributed by atoms with E-state index in [2.05, 4.69) is 35.1 Å². The number of nitrogens with zero attached hydrogens (tertiary/aromatic N) is 1. The Hall–Kier alpha value is -1.46. The maximum absolute atomic E-state index is 13.1. The van der Waals surface area contributed by atoms with Crippen LogP contribution in [0.1, 0.15) is 253 Å². The fraction of sp³-hybridized carbons (Fsp3) is 0.930. The molecule has 0 aromatic heterocycles. The fourth-order valence-corrected chi connectivity index (χ4v) is 10.1. The number of ether oxygens (including phenoxy) is 3. The van der Waals surface area contributed by atoms with Gasteiger partial charge in [-0.15, -0.1) is 0 Å². The lowest BCUT2D eigenvalue weighted by Crippen LogP contribution is -2.40. The number of phosphoric acid groups is 2. The summed E-state index contributed by atoms with van der Waals surface area (Å²) in [5.41, 5.74) is -0.988. The van der Waals surface area contributed by atoms with Crippen LogP contribution in [0.2, 0.25) is 0 Å². The first-order valence-electron chi connectivity index (χ1n) is 30.0. The molecule has 3 N–H and O–H groups in total. The second-order valence-electron chi connectivity index (χ2n) is 22.9. The highest BCUT2D eigenvalue weighted by atomic mass is 79.9. The Bertz CT molecular complexity index is 1620. The molecule has 0 aliphatic heterocycles. The summed E-state index contributed by atoms with van der Waals surface area (Å²) in [5.74, 6) is -2.02. The minimum absolute atomic E-state index is 0.00423. The molecule has 0 saturated carbocycles. The van der Waals surface area contributed by atoms with Gasteiger partial charge in [0.15, 0.2) is 6.10 Å². The van der Waals surface area contributed by atoms with E-state index in [4.69, 9.17) is 32.3 Å². The first kappa shape index (κ1) is 75.5. The van der Waals surface area contributed by atoms with E-state index >= 15 is 0 Å². The van der Waals surface area contributed by atoms with Crippen molar-refractivity contribution in [3.63, 3.8) is 0 Å². The number of carbonyl (C=O) groups is 4. The standard InChI is InChI=1S/C57H111BrN2O15P2/c1-9-11-13-15-17-19-21-23-25-27-29-31-33-35-37-39-52(61)70-49-51(75-53(62)40-38-36-34-32-30-28-26-24-22-20-18-16-14-12-10-2)50-74-77(67,68)71-45-43-59-54(63)56(3,4)41-42-57(5,58)55(64)69-47-48-73-76(65,66)72-46-44-60(6,7)8/h51H,9-50H2,1-8H3,(H2-,59,63,65,66,67,68)/p+1. The van der Waals surface area contributed by atoms with Gasteiger partial charge in [0.05, 0.1) is 41.0 Å². The molecule has 0 spiro atoms. The Balaban J connectivity index is 4.90. The lowest BCUT2D eigenvalue weighted by atomic mass is 9.84. The summed E-state index contributed by atoms with van der Waals surface area (Å²) in [6, 6.07) is 0. The Kier molecular flexibility index (Phi) is 45.2. The van der Waals surface area contributed by atoms with Gasteiger partial charge in [-0.25, -0.2) is 9.13 Å². The Morgan fingerprint density at radius 3 is 1.34 bits per heavy atom. The van der Waals surface area contributed by atoms with Crippen molar-refractivity contribution in [1.82, 2.24) is 5.32 Å². The van der Waals surface area contributed by atoms with Crippen LogP contribution >= 0.6 is 31.6 Å². The number of nitrogens with one attached hydrogen (secondary N) is 1. The molecular weight excluding hydrogens is 1090 g/mol. The third-order valence-electron chi connectivity index (χ3n) is 13.6. The summed E-state index contributed by atoms with van der Waals surface area (Å²) in [7, 11) is -3.30. The highest BCUT2D eigenvalue weighted by Gasteiger charge is 2.37. The summed E-state index contributed by atoms with van der Waals surface area (Å²) in [6.07, 6.45) is 35.8. The van der Waals surface area contributed by atoms with Gasteiger partial charge < -0.3 is 33.8 Å². The van der Waals surface area contributed by atoms with Crippen LogP contribution in [0.25, 0.3) is 0 Å². The Morgan fingerprint density at radius 1 is 0.506 bits per heavy atom. The molecule has 4 atom stereocenters. The first-order chi connectivity index (χ1) is 36.5. The molecule has 0 rings (SSSR count). The third kappa shape index (κ3) is 47.8. The van der Waals surface area contributed by atoms with Crippen LogP contribution in [-0.2, 0) is 60.6 Å². The van der Waals surface area contributed by atoms with Crippen LogP contribution in [0.4, 0.5) is 0 Å². The summed E-state index contributed by atoms with van der Waals surface area (Å²) in [5, 5.41) is 2.68. The number of esters is 3. The van der Waals surface area contributed by atoms with Gasteiger partial charge in [0.25, 0.3) is 0 Å². The molecule has 456 valence electrons. The number of unbranched alkanes of at least 4 members (excludes halogenated alkanes) is 28. The van der Waals surface area contributed by atoms with Crippen LogP contribution in [0.15, 0.2) is 0 Å². The molecule has 0 radical (unpaired) electrons. The number of phosphoric ester groups is 2. The van der Waals surface area contributed by atoms with Gasteiger partial charge in [-0.1, -0.05) is 223 Å². The highest BCUT2D eigenvalue weighted by molar-refractivity contribution is 9.10. The molecule has 0 aliphatic rings. The molecule has 77 heavy (non-hydrogen) atoms. The molecular formula is C57H112BrN2O15P2+. The van der Waals surface area contributed by atoms with E-state index in [1.54, 1.807) is 20.8 Å². The van der Waals surface area contributed by atoms with E-state index in [9.17, 15) is 38.1 Å². The number of hydrogen-bond acceptors (Lipinski definition) is 13. The molecule has 0 aliphatic carbocycles. The minimum atomic E-state index is -4.70. The minimum Gasteiger partial charge on any atom is -0.462 e. The summed E-state index contributed by atoms with van der Waals surface area (Å²) in [4.78, 5) is 72.0. The summed E-state index contributed by atoms with van der Waals surface area (Å²) < 4.78 is 60.9. The molecule has 1 amide bonds. The third-order valence-corrected chi connectivity index (χ3v) is 16.3. The van der Waals surface area contributed by atoms with Gasteiger partial charge in [0, 0.05) is 24.8 Å². The van der Waals surface area contributed by atoms with Gasteiger partial charge in [0.2, 0.25) is 5.91 Å². The molecule has 0 heterocycles. The predicted molar refractivity (Wildman–Crippen MR) is 311 cm³/mol. The van der Waals surface area contributed by atoms with Crippen molar-refractivity contribution in [3.8, 4) is 0 Å². The van der Waals surface area contributed by atoms with Gasteiger partial charge in [-0.05, 0) is 32.6 Å². The lowest BCUT2D eigenvalue weighted by Gasteiger charge is -2.28. The highest BCUT2D eigenvalue weighted by Crippen LogP contribution is 2.44. The number of halogens is 1. The van der Waals surface area contributed by atoms with Crippen molar-refractivity contribution in [2.24, 2.45) is 5.41 Å². The number of hydrogen-bond donors (Lipinski definition) is 3. The van der Waals surface area contributed by atoms with Gasteiger partial charge >= 0.3 is 33.6 Å². The van der Waals surface area contributed by atoms with Crippen LogP contribution in [0.5, 0.6) is 0 Å². The average molecular weight is 1210 g/mol. The van der Waals surface area contributed by atoms with Crippen LogP contribution in [-0.4, -0.2) is 122 Å². The molecule has 0 aromatic rings. The number of quaternary nitrogens is 1. The van der Waals surface area contributed by atoms with E-state index < -0.39 is 61.9 Å². The zero-order valence-electron chi connectivity index (χ0n) is 49.7. The van der Waals surface area contributed by atoms with Crippen molar-refractivity contribution < 1.29 is 74.9 Å². The van der Waals surface area contributed by atoms with Crippen molar-refractivity contribution in [2.75, 3.05) is 73.9 Å². The van der Waals surface area contributed by atoms with Crippen LogP contribution in [0, 0.1) is 5.41 Å². The molecule has 4 unspecified atom stereocenters. The number of alkyl halides is 1. The quantitative estimate of drug-likeness (QED) is 0.0129. The SMILES string of the molecule is CCCCCCCCCCCCCCCCCC(=O)OCC(COP(=O)(O)OCCNC(=O)C(C)(C)CCC(C)(Br)C(=O)OCCOP(=O)(O)OCC[N+](C)(C)C)OC(=O)CCCCCCCCCCCCCCCCC. The van der Waals surface area contributed by atoms with Crippen molar-refractivity contribution >= 4 is 55.4 Å². The largest absolute Gasteiger partial charge is 0.472 e.